The Morgan fingerprint density at radius 3 is 1.08 bits per heavy atom. The number of hydrogen-bond acceptors (Lipinski definition) is 5. The lowest BCUT2D eigenvalue weighted by Gasteiger charge is -2.01. The van der Waals surface area contributed by atoms with Crippen LogP contribution in [-0.4, -0.2) is 49.0 Å². The van der Waals surface area contributed by atoms with E-state index < -0.39 is 0 Å². The van der Waals surface area contributed by atoms with Crippen molar-refractivity contribution in [1.29, 1.82) is 0 Å². The second-order valence-electron chi connectivity index (χ2n) is 19.7. The van der Waals surface area contributed by atoms with Gasteiger partial charge in [-0.2, -0.15) is 0 Å². The average Bonchev–Trinajstić information content (AvgIpc) is 4.23. The van der Waals surface area contributed by atoms with Crippen LogP contribution in [-0.2, 0) is 59.7 Å². The molecule has 378 valence electrons. The van der Waals surface area contributed by atoms with Gasteiger partial charge in [0, 0.05) is 97.4 Å². The molecule has 24 bridgehead atoms. The molecule has 0 aromatic carbocycles. The van der Waals surface area contributed by atoms with Crippen LogP contribution in [0.4, 0.5) is 0 Å². The van der Waals surface area contributed by atoms with Crippen molar-refractivity contribution in [3.8, 4) is 0 Å². The van der Waals surface area contributed by atoms with Gasteiger partial charge >= 0.3 is 0 Å². The van der Waals surface area contributed by atoms with Gasteiger partial charge in [0.25, 0.3) is 0 Å². The minimum absolute atomic E-state index is 0. The number of hydrogen-bond donors (Lipinski definition) is 3. The van der Waals surface area contributed by atoms with Gasteiger partial charge in [0.15, 0.2) is 11.4 Å². The lowest BCUT2D eigenvalue weighted by molar-refractivity contribution is -0.677. The van der Waals surface area contributed by atoms with Crippen LogP contribution in [0, 0.1) is 0 Å². The largest absolute Gasteiger partial charge is 0.658 e. The van der Waals surface area contributed by atoms with Gasteiger partial charge in [-0.3, -0.25) is 0 Å². The molecule has 0 aliphatic carbocycles. The molecule has 8 aliphatic rings. The molecule has 7 aromatic rings. The predicted molar refractivity (Wildman–Crippen MR) is 317 cm³/mol. The summed E-state index contributed by atoms with van der Waals surface area (Å²) < 4.78 is 6.84. The van der Waals surface area contributed by atoms with Crippen LogP contribution >= 0.6 is 0 Å². The van der Waals surface area contributed by atoms with Crippen molar-refractivity contribution in [2.24, 2.45) is 21.1 Å². The summed E-state index contributed by atoms with van der Waals surface area (Å²) in [5, 5.41) is 0. The maximum absolute atomic E-state index is 4.80. The van der Waals surface area contributed by atoms with E-state index >= 15 is 0 Å². The number of H-pyrrole nitrogens is 3. The van der Waals surface area contributed by atoms with Gasteiger partial charge in [0.2, 0.25) is 0 Å². The molecule has 0 atom stereocenters. The third-order valence-corrected chi connectivity index (χ3v) is 14.5. The summed E-state index contributed by atoms with van der Waals surface area (Å²) in [6.45, 7) is 0. The third kappa shape index (κ3) is 10.1. The molecule has 12 nitrogen and oxygen atoms in total. The van der Waals surface area contributed by atoms with Crippen LogP contribution < -0.4 is 9.55 Å². The molecular weight excluding hydrogens is 925 g/mol. The highest BCUT2D eigenvalue weighted by atomic mass is 15.0. The number of aryl methyl sites for hydroxylation is 6. The van der Waals surface area contributed by atoms with Gasteiger partial charge in [-0.1, -0.05) is 18.2 Å². The fourth-order valence-corrected chi connectivity index (χ4v) is 10.4. The van der Waals surface area contributed by atoms with Crippen LogP contribution in [0.5, 0.6) is 0 Å². The zero-order valence-electron chi connectivity index (χ0n) is 42.1. The van der Waals surface area contributed by atoms with Gasteiger partial charge in [-0.15, -0.1) is 11.0 Å². The van der Waals surface area contributed by atoms with Crippen molar-refractivity contribution in [2.75, 3.05) is 0 Å². The summed E-state index contributed by atoms with van der Waals surface area (Å²) in [5.74, 6) is 0. The van der Waals surface area contributed by atoms with E-state index in [9.17, 15) is 0 Å². The fourth-order valence-electron chi connectivity index (χ4n) is 10.4. The molecule has 12 heteroatoms. The molecule has 15 rings (SSSR count). The van der Waals surface area contributed by atoms with Gasteiger partial charge in [-0.25, -0.2) is 29.5 Å². The number of nitrogens with one attached hydrogen (secondary N) is 3. The summed E-state index contributed by atoms with van der Waals surface area (Å²) >= 11 is 0. The Bertz CT molecular complexity index is 4100. The van der Waals surface area contributed by atoms with Crippen molar-refractivity contribution >= 4 is 105 Å². The quantitative estimate of drug-likeness (QED) is 0.129. The molecule has 0 radical (unpaired) electrons. The first kappa shape index (κ1) is 45.4. The number of aromatic nitrogens is 12. The van der Waals surface area contributed by atoms with Crippen molar-refractivity contribution in [3.05, 3.63) is 212 Å². The normalized spacial score (nSPS) is 13.7. The van der Waals surface area contributed by atoms with Gasteiger partial charge < -0.3 is 29.1 Å². The lowest BCUT2D eigenvalue weighted by atomic mass is 10.2. The van der Waals surface area contributed by atoms with Crippen LogP contribution in [0.2, 0.25) is 0 Å². The molecule has 0 saturated heterocycles. The van der Waals surface area contributed by atoms with E-state index in [4.69, 9.17) is 15.0 Å². The van der Waals surface area contributed by atoms with E-state index in [0.717, 1.165) is 140 Å². The maximum atomic E-state index is 4.80. The number of fused-ring (bicyclic) bond motifs is 24. The van der Waals surface area contributed by atoms with E-state index in [-0.39, 0.29) is 8.56 Å². The Labute approximate surface area is 442 Å². The highest BCUT2D eigenvalue weighted by molar-refractivity contribution is 5.79. The molecule has 0 spiro atoms. The summed E-state index contributed by atoms with van der Waals surface area (Å²) in [6.07, 6.45) is 26.7. The topological polar surface area (TPSA) is 140 Å². The molecule has 0 amide bonds. The lowest BCUT2D eigenvalue weighted by Crippen LogP contribution is -2.31. The summed E-state index contributed by atoms with van der Waals surface area (Å²) in [6, 6.07) is 42.2. The smallest absolute Gasteiger partial charge is 0.184 e. The van der Waals surface area contributed by atoms with Crippen LogP contribution in [0.15, 0.2) is 121 Å². The average molecular weight is 991 g/mol. The van der Waals surface area contributed by atoms with Crippen molar-refractivity contribution < 1.29 is 13.1 Å². The first-order chi connectivity index (χ1) is 36.7. The van der Waals surface area contributed by atoms with Gasteiger partial charge in [0.05, 0.1) is 56.9 Å². The Balaban J connectivity index is 0.000000169. The van der Waals surface area contributed by atoms with E-state index in [1.165, 1.54) is 34.2 Å². The zero-order chi connectivity index (χ0) is 50.4. The molecule has 7 aromatic heterocycles. The van der Waals surface area contributed by atoms with E-state index in [0.29, 0.717) is 0 Å². The molecule has 0 unspecified atom stereocenters. The van der Waals surface area contributed by atoms with Crippen LogP contribution in [0.1, 0.15) is 99.7 Å². The van der Waals surface area contributed by atoms with Gasteiger partial charge in [0.1, 0.15) is 7.05 Å². The van der Waals surface area contributed by atoms with Crippen molar-refractivity contribution in [1.82, 2.24) is 54.0 Å². The molecular formula is C63H66N12. The third-order valence-electron chi connectivity index (χ3n) is 14.5. The molecule has 15 heterocycles. The monoisotopic (exact) mass is 991 g/mol. The SMILES string of the molecule is C1=Cc2cc3ccc(cc4ccc(cc5nc(cc1n2)C=C5)[nH]4)[nH]3.Cn1c2cc3nc(cc4[n+](C)c(cc5ccc(cc1CC2)[n-]5)CC4)C=C3.Cn1c2cc3nc(cc4nc(cc5ccc(cc1CC2)[nH]5)C=C4)C=C3.[HH].[HH].[HH].[HH].[HH].[HH]. The zero-order valence-corrected chi connectivity index (χ0v) is 42.1. The summed E-state index contributed by atoms with van der Waals surface area (Å²) in [4.78, 5) is 38.4. The molecule has 0 fully saturated rings. The standard InChI is InChI=1S/C22H22N4.C21H18N4.C20H14N4.6H2/c1-25-19-7-8-20(25)12-16-4-6-18(24-16)14-22-10-9-21(26(22)2)13-17-5-3-15(11-19)23-17;1-25-20-8-9-21(25)13-19-7-5-17(24-19)11-15-3-2-14(22-15)10-16-4-6-18(12-20)23-16;1-2-14-10-16-5-6-18(23-16)12-20-8-7-19(24-20)11-17-4-3-15(22-17)9-13(1)21-14;;;;;;/h3-6,11-14H,7-10H2,1-2H3;2-7,10-13,23H,8-9H2,1H3;1-12,21-22H;6*1H. The first-order valence-electron chi connectivity index (χ1n) is 25.6. The van der Waals surface area contributed by atoms with Crippen LogP contribution in [0.3, 0.4) is 0 Å². The summed E-state index contributed by atoms with van der Waals surface area (Å²) in [5.41, 5.74) is 25.9. The Morgan fingerprint density at radius 2 is 0.653 bits per heavy atom. The number of aromatic amines is 3. The Morgan fingerprint density at radius 1 is 0.347 bits per heavy atom. The molecule has 75 heavy (non-hydrogen) atoms. The highest BCUT2D eigenvalue weighted by Gasteiger charge is 2.19. The minimum atomic E-state index is 0. The molecule has 0 saturated carbocycles. The number of nitrogens with zero attached hydrogens (tertiary/aromatic N) is 9. The van der Waals surface area contributed by atoms with E-state index in [1.54, 1.807) is 0 Å². The Kier molecular flexibility index (Phi) is 11.6. The summed E-state index contributed by atoms with van der Waals surface area (Å²) in [7, 11) is 6.41. The van der Waals surface area contributed by atoms with Gasteiger partial charge in [-0.05, 0) is 184 Å². The molecule has 8 aliphatic heterocycles. The number of rotatable bonds is 0. The second-order valence-corrected chi connectivity index (χ2v) is 19.7. The van der Waals surface area contributed by atoms with Crippen molar-refractivity contribution in [3.63, 3.8) is 0 Å². The predicted octanol–water partition coefficient (Wildman–Crippen LogP) is 13.2. The Hall–Kier alpha value is -9.42. The van der Waals surface area contributed by atoms with Crippen molar-refractivity contribution in [2.45, 2.75) is 38.5 Å². The fraction of sp³-hybridized carbons (Fsp3) is 0.143. The molecule has 3 N–H and O–H groups in total. The van der Waals surface area contributed by atoms with E-state index in [1.807, 2.05) is 66.8 Å². The first-order valence-corrected chi connectivity index (χ1v) is 25.6. The van der Waals surface area contributed by atoms with E-state index in [2.05, 4.69) is 180 Å². The second kappa shape index (κ2) is 19.2. The van der Waals surface area contributed by atoms with Crippen LogP contribution in [0.25, 0.3) is 105 Å². The minimum Gasteiger partial charge on any atom is -0.658 e. The highest BCUT2D eigenvalue weighted by Crippen LogP contribution is 2.23. The maximum Gasteiger partial charge on any atom is 0.184 e.